The van der Waals surface area contributed by atoms with Crippen molar-refractivity contribution in [2.45, 2.75) is 6.04 Å². The molecule has 1 unspecified atom stereocenters. The number of aromatic amines is 1. The Morgan fingerprint density at radius 3 is 2.81 bits per heavy atom. The number of aromatic nitrogens is 3. The Hall–Kier alpha value is -3.16. The molecule has 8 heteroatoms. The van der Waals surface area contributed by atoms with Gasteiger partial charge in [0.05, 0.1) is 0 Å². The number of nitrogens with one attached hydrogen (secondary N) is 3. The number of urea groups is 1. The number of carbonyl (C=O) groups is 2. The zero-order chi connectivity index (χ0) is 14.4. The van der Waals surface area contributed by atoms with Crippen molar-refractivity contribution >= 4 is 23.0 Å². The highest BCUT2D eigenvalue weighted by Crippen LogP contribution is 2.27. The molecule has 1 aliphatic heterocycles. The highest BCUT2D eigenvalue weighted by atomic mass is 16.3. The van der Waals surface area contributed by atoms with Crippen molar-refractivity contribution in [2.75, 3.05) is 0 Å². The van der Waals surface area contributed by atoms with Crippen LogP contribution in [0.3, 0.4) is 0 Å². The standard InChI is InChI=1S/C13H9N5O3/c19-12-10(17-13(20)18-12)9-4-7-8(21-9)3-6(5-16-7)11-14-1-2-15-11/h1-5,10H,(H,14,15)(H2,17,18,19,20). The van der Waals surface area contributed by atoms with Gasteiger partial charge in [-0.2, -0.15) is 0 Å². The third kappa shape index (κ3) is 1.84. The van der Waals surface area contributed by atoms with Crippen LogP contribution >= 0.6 is 0 Å². The zero-order valence-electron chi connectivity index (χ0n) is 10.6. The number of nitrogens with zero attached hydrogens (tertiary/aromatic N) is 2. The summed E-state index contributed by atoms with van der Waals surface area (Å²) in [6.45, 7) is 0. The molecule has 0 spiro atoms. The first-order chi connectivity index (χ1) is 10.2. The average Bonchev–Trinajstić information content (AvgIpc) is 3.16. The average molecular weight is 283 g/mol. The normalized spacial score (nSPS) is 18.0. The topological polar surface area (TPSA) is 113 Å². The fourth-order valence-corrected chi connectivity index (χ4v) is 2.25. The van der Waals surface area contributed by atoms with Crippen LogP contribution in [0.5, 0.6) is 0 Å². The third-order valence-electron chi connectivity index (χ3n) is 3.22. The highest BCUT2D eigenvalue weighted by Gasteiger charge is 2.33. The monoisotopic (exact) mass is 283 g/mol. The lowest BCUT2D eigenvalue weighted by Gasteiger charge is -2.00. The maximum Gasteiger partial charge on any atom is 0.322 e. The van der Waals surface area contributed by atoms with Gasteiger partial charge >= 0.3 is 6.03 Å². The summed E-state index contributed by atoms with van der Waals surface area (Å²) in [7, 11) is 0. The van der Waals surface area contributed by atoms with E-state index in [2.05, 4.69) is 25.6 Å². The number of imide groups is 1. The molecule has 104 valence electrons. The Balaban J connectivity index is 1.76. The Bertz CT molecular complexity index is 852. The van der Waals surface area contributed by atoms with Gasteiger partial charge in [0.15, 0.2) is 11.6 Å². The molecule has 0 bridgehead atoms. The first-order valence-corrected chi connectivity index (χ1v) is 6.21. The molecule has 21 heavy (non-hydrogen) atoms. The molecule has 0 aromatic carbocycles. The molecule has 0 saturated carbocycles. The maximum absolute atomic E-state index is 11.6. The van der Waals surface area contributed by atoms with Crippen LogP contribution in [0.15, 0.2) is 35.1 Å². The van der Waals surface area contributed by atoms with Gasteiger partial charge in [-0.1, -0.05) is 0 Å². The molecule has 0 radical (unpaired) electrons. The van der Waals surface area contributed by atoms with Gasteiger partial charge in [-0.25, -0.2) is 9.78 Å². The molecule has 3 aromatic rings. The molecule has 4 heterocycles. The SMILES string of the molecule is O=C1NC(=O)C(c2cc3ncc(-c4ncc[nH]4)cc3o2)N1. The maximum atomic E-state index is 11.6. The van der Waals surface area contributed by atoms with Crippen LogP contribution in [-0.2, 0) is 4.79 Å². The smallest absolute Gasteiger partial charge is 0.322 e. The summed E-state index contributed by atoms with van der Waals surface area (Å²) < 4.78 is 5.63. The van der Waals surface area contributed by atoms with E-state index in [1.165, 1.54) is 0 Å². The van der Waals surface area contributed by atoms with E-state index < -0.39 is 18.0 Å². The lowest BCUT2D eigenvalue weighted by atomic mass is 10.2. The zero-order valence-corrected chi connectivity index (χ0v) is 10.6. The van der Waals surface area contributed by atoms with Gasteiger partial charge in [0, 0.05) is 30.2 Å². The fourth-order valence-electron chi connectivity index (χ4n) is 2.25. The van der Waals surface area contributed by atoms with Crippen LogP contribution in [0.1, 0.15) is 11.8 Å². The summed E-state index contributed by atoms with van der Waals surface area (Å²) in [5.74, 6) is 0.581. The lowest BCUT2D eigenvalue weighted by molar-refractivity contribution is -0.120. The Kier molecular flexibility index (Phi) is 2.31. The molecule has 3 amide bonds. The first kappa shape index (κ1) is 11.6. The van der Waals surface area contributed by atoms with Crippen LogP contribution in [0.25, 0.3) is 22.5 Å². The predicted octanol–water partition coefficient (Wildman–Crippen LogP) is 1.10. The highest BCUT2D eigenvalue weighted by molar-refractivity contribution is 6.04. The van der Waals surface area contributed by atoms with Gasteiger partial charge in [0.1, 0.15) is 17.1 Å². The van der Waals surface area contributed by atoms with E-state index in [-0.39, 0.29) is 0 Å². The van der Waals surface area contributed by atoms with E-state index in [0.717, 1.165) is 5.56 Å². The van der Waals surface area contributed by atoms with Crippen molar-refractivity contribution in [3.63, 3.8) is 0 Å². The first-order valence-electron chi connectivity index (χ1n) is 6.21. The molecule has 0 aliphatic carbocycles. The summed E-state index contributed by atoms with van der Waals surface area (Å²) in [4.78, 5) is 34.2. The quantitative estimate of drug-likeness (QED) is 0.609. The second-order valence-corrected chi connectivity index (χ2v) is 4.59. The Morgan fingerprint density at radius 1 is 1.19 bits per heavy atom. The van der Waals surface area contributed by atoms with Crippen LogP contribution in [-0.4, -0.2) is 26.9 Å². The number of furan rings is 1. The van der Waals surface area contributed by atoms with Crippen LogP contribution in [0.2, 0.25) is 0 Å². The molecule has 1 saturated heterocycles. The number of carbonyl (C=O) groups excluding carboxylic acids is 2. The van der Waals surface area contributed by atoms with E-state index in [0.29, 0.717) is 22.7 Å². The molecule has 3 N–H and O–H groups in total. The van der Waals surface area contributed by atoms with E-state index >= 15 is 0 Å². The van der Waals surface area contributed by atoms with Gasteiger partial charge in [-0.3, -0.25) is 15.1 Å². The number of pyridine rings is 1. The Labute approximate surface area is 117 Å². The molecule has 1 fully saturated rings. The number of imidazole rings is 1. The van der Waals surface area contributed by atoms with E-state index in [1.54, 1.807) is 30.7 Å². The van der Waals surface area contributed by atoms with Crippen molar-refractivity contribution in [3.05, 3.63) is 36.5 Å². The van der Waals surface area contributed by atoms with Crippen molar-refractivity contribution in [1.82, 2.24) is 25.6 Å². The van der Waals surface area contributed by atoms with Gasteiger partial charge < -0.3 is 14.7 Å². The molecule has 1 aliphatic rings. The molecule has 4 rings (SSSR count). The number of rotatable bonds is 2. The minimum atomic E-state index is -0.821. The van der Waals surface area contributed by atoms with Crippen LogP contribution < -0.4 is 10.6 Å². The third-order valence-corrected chi connectivity index (χ3v) is 3.22. The molecule has 3 aromatic heterocycles. The predicted molar refractivity (Wildman–Crippen MR) is 71.0 cm³/mol. The fraction of sp³-hybridized carbons (Fsp3) is 0.0769. The second kappa shape index (κ2) is 4.17. The summed E-state index contributed by atoms with van der Waals surface area (Å²) in [6.07, 6.45) is 5.02. The van der Waals surface area contributed by atoms with E-state index in [1.807, 2.05) is 0 Å². The molecule has 8 nitrogen and oxygen atoms in total. The van der Waals surface area contributed by atoms with Gasteiger partial charge in [-0.15, -0.1) is 0 Å². The number of hydrogen-bond acceptors (Lipinski definition) is 5. The summed E-state index contributed by atoms with van der Waals surface area (Å²) in [5, 5.41) is 4.64. The molecule has 1 atom stereocenters. The number of hydrogen-bond donors (Lipinski definition) is 3. The van der Waals surface area contributed by atoms with Crippen molar-refractivity contribution in [1.29, 1.82) is 0 Å². The largest absolute Gasteiger partial charge is 0.457 e. The van der Waals surface area contributed by atoms with Crippen molar-refractivity contribution < 1.29 is 14.0 Å². The van der Waals surface area contributed by atoms with E-state index in [4.69, 9.17) is 4.42 Å². The molecular weight excluding hydrogens is 274 g/mol. The number of H-pyrrole nitrogens is 1. The van der Waals surface area contributed by atoms with E-state index in [9.17, 15) is 9.59 Å². The van der Waals surface area contributed by atoms with Crippen LogP contribution in [0.4, 0.5) is 4.79 Å². The number of fused-ring (bicyclic) bond motifs is 1. The number of amides is 3. The summed E-state index contributed by atoms with van der Waals surface area (Å²) >= 11 is 0. The molecular formula is C13H9N5O3. The van der Waals surface area contributed by atoms with Gasteiger partial charge in [0.2, 0.25) is 0 Å². The summed E-state index contributed by atoms with van der Waals surface area (Å²) in [6, 6.07) is 2.06. The van der Waals surface area contributed by atoms with Crippen molar-refractivity contribution in [3.8, 4) is 11.4 Å². The van der Waals surface area contributed by atoms with Crippen molar-refractivity contribution in [2.24, 2.45) is 0 Å². The lowest BCUT2D eigenvalue weighted by Crippen LogP contribution is -2.22. The van der Waals surface area contributed by atoms with Crippen LogP contribution in [0, 0.1) is 0 Å². The minimum absolute atomic E-state index is 0.345. The van der Waals surface area contributed by atoms with Gasteiger partial charge in [0.25, 0.3) is 5.91 Å². The Morgan fingerprint density at radius 2 is 2.10 bits per heavy atom. The van der Waals surface area contributed by atoms with Gasteiger partial charge in [-0.05, 0) is 6.07 Å². The second-order valence-electron chi connectivity index (χ2n) is 4.59. The minimum Gasteiger partial charge on any atom is -0.457 e. The summed E-state index contributed by atoms with van der Waals surface area (Å²) in [5.41, 5.74) is 1.90.